The normalized spacial score (nSPS) is 20.3. The third-order valence-corrected chi connectivity index (χ3v) is 16.4. The van der Waals surface area contributed by atoms with Gasteiger partial charge in [0, 0.05) is 22.4 Å². The molecule has 1 unspecified atom stereocenters. The molecule has 52 heavy (non-hydrogen) atoms. The summed E-state index contributed by atoms with van der Waals surface area (Å²) in [4.78, 5) is 0. The van der Waals surface area contributed by atoms with Crippen LogP contribution in [0.1, 0.15) is 52.6 Å². The van der Waals surface area contributed by atoms with Crippen LogP contribution in [-0.4, -0.2) is 5.79 Å². The highest BCUT2D eigenvalue weighted by Gasteiger charge is 2.57. The molecule has 2 aliphatic heterocycles. The van der Waals surface area contributed by atoms with Gasteiger partial charge in [-0.25, -0.2) is 0 Å². The second-order valence-corrected chi connectivity index (χ2v) is 19.6. The number of hydrogen-bond donors (Lipinski definition) is 0. The minimum Gasteiger partial charge on any atom is -0.451 e. The molecule has 3 atom stereocenters. The van der Waals surface area contributed by atoms with Gasteiger partial charge in [0.2, 0.25) is 0 Å². The Morgan fingerprint density at radius 2 is 0.769 bits per heavy atom. The van der Waals surface area contributed by atoms with Crippen LogP contribution < -0.4 is 41.3 Å². The zero-order valence-corrected chi connectivity index (χ0v) is 32.4. The lowest BCUT2D eigenvalue weighted by molar-refractivity contribution is -0.225. The lowest BCUT2D eigenvalue weighted by Crippen LogP contribution is -2.62. The van der Waals surface area contributed by atoms with E-state index in [1.807, 2.05) is 0 Å². The number of ether oxygens (including phenoxy) is 2. The van der Waals surface area contributed by atoms with Crippen LogP contribution in [0, 0.1) is 39.5 Å². The van der Waals surface area contributed by atoms with E-state index in [1.165, 1.54) is 71.6 Å². The van der Waals surface area contributed by atoms with E-state index >= 15 is 0 Å². The van der Waals surface area contributed by atoms with Crippen molar-refractivity contribution in [2.24, 2.45) is 11.8 Å². The Balaban J connectivity index is 1.18. The Morgan fingerprint density at radius 1 is 0.442 bits per heavy atom. The summed E-state index contributed by atoms with van der Waals surface area (Å²) in [6.45, 7) is 8.68. The van der Waals surface area contributed by atoms with E-state index in [2.05, 4.69) is 161 Å². The lowest BCUT2D eigenvalue weighted by Gasteiger charge is -2.54. The van der Waals surface area contributed by atoms with Gasteiger partial charge in [0.05, 0.1) is 0 Å². The highest BCUT2D eigenvalue weighted by atomic mass is 31.1. The predicted octanol–water partition coefficient (Wildman–Crippen LogP) is 9.12. The van der Waals surface area contributed by atoms with Crippen molar-refractivity contribution >= 4 is 47.7 Å². The van der Waals surface area contributed by atoms with E-state index in [-0.39, 0.29) is 0 Å². The molecule has 0 saturated heterocycles. The first-order valence-electron chi connectivity index (χ1n) is 18.8. The van der Waals surface area contributed by atoms with E-state index in [1.54, 1.807) is 0 Å². The molecule has 1 saturated carbocycles. The van der Waals surface area contributed by atoms with Crippen molar-refractivity contribution in [2.75, 3.05) is 0 Å². The second kappa shape index (κ2) is 13.6. The fraction of sp³-hybridized carbons (Fsp3) is 0.250. The number of fused-ring (bicyclic) bond motifs is 2. The molecule has 0 N–H and O–H groups in total. The number of hydrogen-bond acceptors (Lipinski definition) is 2. The van der Waals surface area contributed by atoms with Crippen LogP contribution in [0.2, 0.25) is 0 Å². The molecular weight excluding hydrogens is 670 g/mol. The van der Waals surface area contributed by atoms with Crippen LogP contribution >= 0.6 is 15.8 Å². The van der Waals surface area contributed by atoms with E-state index in [0.717, 1.165) is 37.2 Å². The largest absolute Gasteiger partial charge is 0.451 e. The summed E-state index contributed by atoms with van der Waals surface area (Å²) in [5.74, 6) is 2.00. The molecule has 0 radical (unpaired) electrons. The maximum absolute atomic E-state index is 7.67. The van der Waals surface area contributed by atoms with E-state index in [4.69, 9.17) is 9.47 Å². The molecule has 1 spiro atoms. The van der Waals surface area contributed by atoms with Gasteiger partial charge >= 0.3 is 0 Å². The molecule has 260 valence electrons. The second-order valence-electron chi connectivity index (χ2n) is 15.2. The molecule has 4 heteroatoms. The van der Waals surface area contributed by atoms with E-state index in [9.17, 15) is 0 Å². The first-order chi connectivity index (χ1) is 25.4. The molecule has 1 aliphatic carbocycles. The van der Waals surface area contributed by atoms with Gasteiger partial charge in [0.15, 0.2) is 0 Å². The Hall–Kier alpha value is -4.22. The summed E-state index contributed by atoms with van der Waals surface area (Å²) >= 11 is 0. The Kier molecular flexibility index (Phi) is 8.82. The van der Waals surface area contributed by atoms with Crippen LogP contribution in [0.25, 0.3) is 0 Å². The summed E-state index contributed by atoms with van der Waals surface area (Å²) in [7, 11) is -1.70. The Labute approximate surface area is 311 Å². The van der Waals surface area contributed by atoms with Gasteiger partial charge in [-0.05, 0) is 102 Å². The Bertz CT molecular complexity index is 1970. The molecule has 0 aromatic heterocycles. The maximum Gasteiger partial charge on any atom is 0.257 e. The van der Waals surface area contributed by atoms with Crippen molar-refractivity contribution in [1.29, 1.82) is 0 Å². The number of aryl methyl sites for hydroxylation is 4. The zero-order chi connectivity index (χ0) is 35.4. The van der Waals surface area contributed by atoms with Crippen molar-refractivity contribution in [2.45, 2.75) is 65.6 Å². The lowest BCUT2D eigenvalue weighted by atomic mass is 9.68. The molecule has 0 bridgehead atoms. The highest BCUT2D eigenvalue weighted by Crippen LogP contribution is 2.55. The fourth-order valence-corrected chi connectivity index (χ4v) is 13.5. The third kappa shape index (κ3) is 5.99. The summed E-state index contributed by atoms with van der Waals surface area (Å²) in [5, 5.41) is 7.98. The number of para-hydroxylation sites is 2. The summed E-state index contributed by atoms with van der Waals surface area (Å²) in [6, 6.07) is 50.4. The molecule has 3 aliphatic rings. The monoisotopic (exact) mass is 716 g/mol. The van der Waals surface area contributed by atoms with Gasteiger partial charge in [-0.1, -0.05) is 162 Å². The molecule has 1 fully saturated rings. The highest BCUT2D eigenvalue weighted by molar-refractivity contribution is 7.80. The quantitative estimate of drug-likeness (QED) is 0.160. The van der Waals surface area contributed by atoms with Crippen LogP contribution in [0.15, 0.2) is 133 Å². The topological polar surface area (TPSA) is 18.5 Å². The molecular formula is C48H46O2P2. The summed E-state index contributed by atoms with van der Waals surface area (Å²) in [5.41, 5.74) is 7.77. The molecule has 2 heterocycles. The van der Waals surface area contributed by atoms with Gasteiger partial charge in [0.1, 0.15) is 11.5 Å². The minimum absolute atomic E-state index is 0.296. The molecule has 6 aromatic carbocycles. The standard InChI is InChI=1S/C48H46O2P2/c1-32-14-22-40(23-15-32)51(41-24-16-33(2)17-25-41)44-12-5-8-36-30-38-10-7-11-39-31-37-9-6-13-45(47(37)50-48(38,39)49-46(36)44)52(42-26-18-34(3)19-27-42)43-28-20-35(4)21-29-43/h5-6,8-9,12-29,38-39H,7,10-11,30-31H2,1-4H3/t38-,39?,48-/m1/s1. The van der Waals surface area contributed by atoms with E-state index < -0.39 is 21.6 Å². The van der Waals surface area contributed by atoms with Gasteiger partial charge in [-0.3, -0.25) is 0 Å². The van der Waals surface area contributed by atoms with Gasteiger partial charge in [0.25, 0.3) is 5.79 Å². The summed E-state index contributed by atoms with van der Waals surface area (Å²) in [6.07, 6.45) is 5.41. The van der Waals surface area contributed by atoms with Crippen molar-refractivity contribution in [3.8, 4) is 11.5 Å². The average molecular weight is 717 g/mol. The SMILES string of the molecule is Cc1ccc(P(c2ccc(C)cc2)c2cccc3c2O[C@]24Oc5c(cccc5P(c5ccc(C)cc5)c5ccc(C)cc5)C[C@H]2CCCC4C3)cc1. The number of rotatable bonds is 6. The first-order valence-corrected chi connectivity index (χ1v) is 21.5. The maximum atomic E-state index is 7.67. The van der Waals surface area contributed by atoms with Gasteiger partial charge < -0.3 is 9.47 Å². The first kappa shape index (κ1) is 33.6. The number of benzene rings is 6. The smallest absolute Gasteiger partial charge is 0.257 e. The summed E-state index contributed by atoms with van der Waals surface area (Å²) < 4.78 is 15.3. The molecule has 6 aromatic rings. The van der Waals surface area contributed by atoms with E-state index in [0.29, 0.717) is 11.8 Å². The van der Waals surface area contributed by atoms with Crippen molar-refractivity contribution in [3.05, 3.63) is 167 Å². The van der Waals surface area contributed by atoms with Crippen molar-refractivity contribution < 1.29 is 9.47 Å². The van der Waals surface area contributed by atoms with Gasteiger partial charge in [-0.2, -0.15) is 0 Å². The van der Waals surface area contributed by atoms with Crippen molar-refractivity contribution in [3.63, 3.8) is 0 Å². The van der Waals surface area contributed by atoms with Crippen LogP contribution in [0.3, 0.4) is 0 Å². The van der Waals surface area contributed by atoms with Crippen LogP contribution in [0.5, 0.6) is 11.5 Å². The fourth-order valence-electron chi connectivity index (χ4n) is 8.72. The zero-order valence-electron chi connectivity index (χ0n) is 30.6. The van der Waals surface area contributed by atoms with Crippen LogP contribution in [0.4, 0.5) is 0 Å². The van der Waals surface area contributed by atoms with Crippen molar-refractivity contribution in [1.82, 2.24) is 0 Å². The van der Waals surface area contributed by atoms with Gasteiger partial charge in [-0.15, -0.1) is 0 Å². The third-order valence-electron chi connectivity index (χ3n) is 11.5. The van der Waals surface area contributed by atoms with Crippen LogP contribution in [-0.2, 0) is 12.8 Å². The Morgan fingerprint density at radius 3 is 1.10 bits per heavy atom. The average Bonchev–Trinajstić information content (AvgIpc) is 3.16. The molecule has 9 rings (SSSR count). The predicted molar refractivity (Wildman–Crippen MR) is 221 cm³/mol. The molecule has 0 amide bonds. The molecule has 2 nitrogen and oxygen atoms in total. The minimum atomic E-state index is -0.850.